The first-order valence-electron chi connectivity index (χ1n) is 10.6. The van der Waals surface area contributed by atoms with E-state index in [0.717, 1.165) is 25.1 Å². The van der Waals surface area contributed by atoms with E-state index in [-0.39, 0.29) is 5.04 Å². The molecular weight excluding hydrogens is 437 g/mol. The molecule has 0 fully saturated rings. The SMILES string of the molecule is Cc1cc(CCC=NCC[Se]c2ccccc2)cc(C)c1O[Si](C)(C)C(C)(C)C. The van der Waals surface area contributed by atoms with Gasteiger partial charge in [0, 0.05) is 0 Å². The van der Waals surface area contributed by atoms with Crippen LogP contribution in [-0.4, -0.2) is 36.0 Å². The molecule has 0 bridgehead atoms. The van der Waals surface area contributed by atoms with E-state index in [4.69, 9.17) is 4.43 Å². The van der Waals surface area contributed by atoms with Gasteiger partial charge < -0.3 is 0 Å². The summed E-state index contributed by atoms with van der Waals surface area (Å²) in [5.41, 5.74) is 3.89. The van der Waals surface area contributed by atoms with Crippen molar-refractivity contribution in [3.8, 4) is 5.75 Å². The Morgan fingerprint density at radius 3 is 2.24 bits per heavy atom. The molecule has 0 unspecified atom stereocenters. The van der Waals surface area contributed by atoms with Crippen LogP contribution in [-0.2, 0) is 6.42 Å². The fourth-order valence-corrected chi connectivity index (χ4v) is 5.68. The minimum Gasteiger partial charge on any atom is -0.0594 e. The van der Waals surface area contributed by atoms with Gasteiger partial charge in [0.25, 0.3) is 0 Å². The maximum atomic E-state index is 6.60. The summed E-state index contributed by atoms with van der Waals surface area (Å²) in [7, 11) is -1.81. The first-order valence-corrected chi connectivity index (χ1v) is 15.5. The fourth-order valence-electron chi connectivity index (χ4n) is 2.90. The topological polar surface area (TPSA) is 21.6 Å². The molecule has 0 aliphatic carbocycles. The van der Waals surface area contributed by atoms with Crippen LogP contribution in [0.25, 0.3) is 0 Å². The van der Waals surface area contributed by atoms with Crippen molar-refractivity contribution < 1.29 is 4.43 Å². The molecule has 0 aliphatic rings. The summed E-state index contributed by atoms with van der Waals surface area (Å²) in [4.78, 5) is 4.61. The Hall–Kier alpha value is -1.35. The molecule has 2 rings (SSSR count). The number of hydrogen-bond acceptors (Lipinski definition) is 2. The van der Waals surface area contributed by atoms with Crippen molar-refractivity contribution in [2.45, 2.75) is 70.9 Å². The number of hydrogen-bond donors (Lipinski definition) is 0. The molecule has 0 amide bonds. The molecule has 0 spiro atoms. The van der Waals surface area contributed by atoms with Crippen molar-refractivity contribution in [3.63, 3.8) is 0 Å². The summed E-state index contributed by atoms with van der Waals surface area (Å²) in [6, 6.07) is 15.3. The third-order valence-corrected chi connectivity index (χ3v) is 12.0. The van der Waals surface area contributed by atoms with E-state index in [0.29, 0.717) is 15.0 Å². The van der Waals surface area contributed by atoms with Crippen LogP contribution in [0, 0.1) is 13.8 Å². The van der Waals surface area contributed by atoms with E-state index in [9.17, 15) is 0 Å². The molecule has 0 atom stereocenters. The zero-order chi connectivity index (χ0) is 21.5. The van der Waals surface area contributed by atoms with Crippen LogP contribution in [0.4, 0.5) is 0 Å². The number of aliphatic imine (C=N–C) groups is 1. The van der Waals surface area contributed by atoms with Crippen molar-refractivity contribution in [1.82, 2.24) is 0 Å². The number of nitrogens with zero attached hydrogens (tertiary/aromatic N) is 1. The predicted molar refractivity (Wildman–Crippen MR) is 132 cm³/mol. The third-order valence-electron chi connectivity index (χ3n) is 5.61. The van der Waals surface area contributed by atoms with Gasteiger partial charge in [0.2, 0.25) is 0 Å². The Morgan fingerprint density at radius 2 is 1.66 bits per heavy atom. The Kier molecular flexibility index (Phi) is 8.75. The normalized spacial score (nSPS) is 12.5. The second kappa shape index (κ2) is 10.6. The average Bonchev–Trinajstić information content (AvgIpc) is 2.64. The molecular formula is C25H37NOSeSi. The molecule has 0 radical (unpaired) electrons. The smallest absolute Gasteiger partial charge is 0.0594 e. The van der Waals surface area contributed by atoms with Gasteiger partial charge in [-0.1, -0.05) is 20.8 Å². The van der Waals surface area contributed by atoms with Crippen molar-refractivity contribution in [3.05, 3.63) is 59.2 Å². The van der Waals surface area contributed by atoms with E-state index in [1.54, 1.807) is 0 Å². The summed E-state index contributed by atoms with van der Waals surface area (Å²) in [5, 5.41) is 1.38. The van der Waals surface area contributed by atoms with E-state index in [2.05, 4.69) is 101 Å². The van der Waals surface area contributed by atoms with Gasteiger partial charge in [-0.05, 0) is 18.1 Å². The van der Waals surface area contributed by atoms with Crippen LogP contribution in [0.5, 0.6) is 5.75 Å². The van der Waals surface area contributed by atoms with Gasteiger partial charge in [0.15, 0.2) is 0 Å². The average molecular weight is 475 g/mol. The molecule has 0 heterocycles. The quantitative estimate of drug-likeness (QED) is 0.243. The van der Waals surface area contributed by atoms with Gasteiger partial charge in [0.05, 0.1) is 0 Å². The summed E-state index contributed by atoms with van der Waals surface area (Å²) in [5.74, 6) is 1.09. The number of benzene rings is 2. The van der Waals surface area contributed by atoms with E-state index < -0.39 is 8.32 Å². The molecule has 0 aromatic heterocycles. The van der Waals surface area contributed by atoms with Gasteiger partial charge in [-0.25, -0.2) is 0 Å². The summed E-state index contributed by atoms with van der Waals surface area (Å²) < 4.78 is 8.06. The van der Waals surface area contributed by atoms with Crippen molar-refractivity contribution in [1.29, 1.82) is 0 Å². The zero-order valence-electron chi connectivity index (χ0n) is 19.2. The molecule has 0 aliphatic heterocycles. The minimum atomic E-state index is -1.81. The maximum absolute atomic E-state index is 6.60. The molecule has 0 N–H and O–H groups in total. The van der Waals surface area contributed by atoms with Crippen LogP contribution in [0.3, 0.4) is 0 Å². The van der Waals surface area contributed by atoms with Gasteiger partial charge in [-0.15, -0.1) is 0 Å². The summed E-state index contributed by atoms with van der Waals surface area (Å²) in [6.45, 7) is 16.8. The molecule has 4 heteroatoms. The van der Waals surface area contributed by atoms with Gasteiger partial charge in [0.1, 0.15) is 0 Å². The molecule has 0 saturated carbocycles. The summed E-state index contributed by atoms with van der Waals surface area (Å²) in [6.07, 6.45) is 4.14. The predicted octanol–water partition coefficient (Wildman–Crippen LogP) is 6.14. The Balaban J connectivity index is 1.84. The van der Waals surface area contributed by atoms with Crippen molar-refractivity contribution >= 4 is 34.0 Å². The first-order chi connectivity index (χ1) is 13.6. The van der Waals surface area contributed by atoms with Gasteiger partial charge >= 0.3 is 147 Å². The monoisotopic (exact) mass is 475 g/mol. The third kappa shape index (κ3) is 7.44. The van der Waals surface area contributed by atoms with Gasteiger partial charge in [-0.2, -0.15) is 0 Å². The molecule has 2 aromatic carbocycles. The second-order valence-electron chi connectivity index (χ2n) is 9.21. The van der Waals surface area contributed by atoms with Crippen LogP contribution < -0.4 is 8.89 Å². The minimum absolute atomic E-state index is 0.211. The van der Waals surface area contributed by atoms with Gasteiger partial charge in [-0.3, -0.25) is 0 Å². The Morgan fingerprint density at radius 1 is 1.03 bits per heavy atom. The van der Waals surface area contributed by atoms with E-state index >= 15 is 0 Å². The van der Waals surface area contributed by atoms with Crippen molar-refractivity contribution in [2.75, 3.05) is 6.54 Å². The van der Waals surface area contributed by atoms with Crippen LogP contribution in [0.2, 0.25) is 23.5 Å². The van der Waals surface area contributed by atoms with Crippen molar-refractivity contribution in [2.24, 2.45) is 4.99 Å². The summed E-state index contributed by atoms with van der Waals surface area (Å²) >= 11 is 0.535. The fraction of sp³-hybridized carbons (Fsp3) is 0.480. The second-order valence-corrected chi connectivity index (χ2v) is 16.4. The Labute approximate surface area is 185 Å². The van der Waals surface area contributed by atoms with E-state index in [1.165, 1.54) is 26.5 Å². The molecule has 2 nitrogen and oxygen atoms in total. The molecule has 2 aromatic rings. The molecule has 0 saturated heterocycles. The first kappa shape index (κ1) is 23.9. The van der Waals surface area contributed by atoms with Crippen LogP contribution in [0.1, 0.15) is 43.9 Å². The zero-order valence-corrected chi connectivity index (χ0v) is 21.9. The number of aryl methyl sites for hydroxylation is 3. The van der Waals surface area contributed by atoms with Crippen LogP contribution >= 0.6 is 0 Å². The van der Waals surface area contributed by atoms with Crippen LogP contribution in [0.15, 0.2) is 47.5 Å². The molecule has 158 valence electrons. The van der Waals surface area contributed by atoms with E-state index in [1.807, 2.05) is 0 Å². The standard InChI is InChI=1S/C25H37NOSeSi/c1-20-18-22(19-21(2)24(20)27-29(6,7)25(3,4)5)12-11-15-26-16-17-28-23-13-9-8-10-14-23/h8-10,13-15,18-19H,11-12,16-17H2,1-7H3. The number of rotatable bonds is 9. The molecule has 29 heavy (non-hydrogen) atoms. The Bertz CT molecular complexity index is 786.